The minimum absolute atomic E-state index is 0.199. The fourth-order valence-corrected chi connectivity index (χ4v) is 6.58. The molecule has 0 unspecified atom stereocenters. The zero-order valence-electron chi connectivity index (χ0n) is 16.8. The first-order chi connectivity index (χ1) is 14.1. The Morgan fingerprint density at radius 3 is 1.80 bits per heavy atom. The van der Waals surface area contributed by atoms with Gasteiger partial charge in [0.25, 0.3) is 0 Å². The van der Waals surface area contributed by atoms with Crippen molar-refractivity contribution < 1.29 is 28.7 Å². The van der Waals surface area contributed by atoms with Gasteiger partial charge in [-0.3, -0.25) is 14.4 Å². The van der Waals surface area contributed by atoms with E-state index in [9.17, 15) is 19.2 Å². The lowest BCUT2D eigenvalue weighted by Gasteiger charge is -2.19. The van der Waals surface area contributed by atoms with Crippen LogP contribution in [0.3, 0.4) is 0 Å². The molecule has 0 aliphatic rings. The van der Waals surface area contributed by atoms with Crippen LogP contribution in [0, 0.1) is 10.7 Å². The highest BCUT2D eigenvalue weighted by Crippen LogP contribution is 2.39. The number of carbonyl (C=O) groups is 4. The number of anilines is 2. The lowest BCUT2D eigenvalue weighted by atomic mass is 10.1. The van der Waals surface area contributed by atoms with E-state index in [0.717, 1.165) is 6.42 Å². The average molecular weight is 756 g/mol. The molecule has 0 saturated carbocycles. The molecule has 0 aromatic heterocycles. The van der Waals surface area contributed by atoms with Crippen molar-refractivity contribution in [2.24, 2.45) is 0 Å². The molecule has 0 radical (unpaired) electrons. The van der Waals surface area contributed by atoms with Crippen LogP contribution in [0.1, 0.15) is 56.8 Å². The van der Waals surface area contributed by atoms with Crippen LogP contribution in [0.25, 0.3) is 0 Å². The van der Waals surface area contributed by atoms with E-state index in [2.05, 4.69) is 10.6 Å². The Hall–Kier alpha value is -0.710. The maximum absolute atomic E-state index is 12.8. The van der Waals surface area contributed by atoms with E-state index in [4.69, 9.17) is 9.47 Å². The quantitative estimate of drug-likeness (QED) is 0.204. The zero-order valence-corrected chi connectivity index (χ0v) is 23.3. The third-order valence-electron chi connectivity index (χ3n) is 3.69. The highest BCUT2D eigenvalue weighted by Gasteiger charge is 2.26. The molecule has 11 heteroatoms. The van der Waals surface area contributed by atoms with Gasteiger partial charge in [0.15, 0.2) is 0 Å². The van der Waals surface area contributed by atoms with Gasteiger partial charge < -0.3 is 20.1 Å². The van der Waals surface area contributed by atoms with Crippen LogP contribution in [0.5, 0.6) is 0 Å². The van der Waals surface area contributed by atoms with Crippen molar-refractivity contribution >= 4 is 103 Å². The van der Waals surface area contributed by atoms with Gasteiger partial charge in [0.05, 0.1) is 40.9 Å². The lowest BCUT2D eigenvalue weighted by Crippen LogP contribution is -2.19. The predicted molar refractivity (Wildman–Crippen MR) is 139 cm³/mol. The SMILES string of the molecule is CCOC(=O)CCCCCOC(=O)c1c(I)c(NC(C)=O)c(I)c(NC(C)=O)c1I. The standard InChI is InChI=1S/C19H23I3N2O6/c1-4-29-12(27)8-6-5-7-9-30-19(28)13-14(20)17(23-10(2)25)16(22)18(15(13)21)24-11(3)26/h4-9H2,1-3H3,(H,23,25)(H,24,26). The number of rotatable bonds is 10. The summed E-state index contributed by atoms with van der Waals surface area (Å²) in [5, 5.41) is 5.44. The molecule has 1 aromatic rings. The number of nitrogens with one attached hydrogen (secondary N) is 2. The van der Waals surface area contributed by atoms with Gasteiger partial charge >= 0.3 is 11.9 Å². The van der Waals surface area contributed by atoms with Gasteiger partial charge in [-0.1, -0.05) is 0 Å². The van der Waals surface area contributed by atoms with E-state index in [-0.39, 0.29) is 30.0 Å². The molecule has 0 fully saturated rings. The predicted octanol–water partition coefficient (Wildman–Crippen LogP) is 4.70. The van der Waals surface area contributed by atoms with Crippen molar-refractivity contribution in [2.75, 3.05) is 23.8 Å². The van der Waals surface area contributed by atoms with Crippen LogP contribution in [0.2, 0.25) is 0 Å². The van der Waals surface area contributed by atoms with Crippen LogP contribution in [0.15, 0.2) is 0 Å². The first-order valence-electron chi connectivity index (χ1n) is 9.18. The number of carbonyl (C=O) groups excluding carboxylic acids is 4. The number of hydrogen-bond donors (Lipinski definition) is 2. The van der Waals surface area contributed by atoms with Gasteiger partial charge in [-0.05, 0) is 94.0 Å². The second-order valence-electron chi connectivity index (χ2n) is 6.18. The van der Waals surface area contributed by atoms with Gasteiger partial charge in [-0.15, -0.1) is 0 Å². The molecule has 2 N–H and O–H groups in total. The minimum Gasteiger partial charge on any atom is -0.466 e. The summed E-state index contributed by atoms with van der Waals surface area (Å²) in [5.74, 6) is -1.35. The maximum atomic E-state index is 12.8. The first-order valence-corrected chi connectivity index (χ1v) is 12.4. The molecule has 0 aliphatic heterocycles. The lowest BCUT2D eigenvalue weighted by molar-refractivity contribution is -0.143. The van der Waals surface area contributed by atoms with Crippen molar-refractivity contribution in [2.45, 2.75) is 46.5 Å². The van der Waals surface area contributed by atoms with Gasteiger partial charge in [-0.25, -0.2) is 4.79 Å². The third-order valence-corrected chi connectivity index (χ3v) is 6.92. The first kappa shape index (κ1) is 27.3. The molecule has 0 bridgehead atoms. The molecule has 166 valence electrons. The molecule has 30 heavy (non-hydrogen) atoms. The summed E-state index contributed by atoms with van der Waals surface area (Å²) in [7, 11) is 0. The summed E-state index contributed by atoms with van der Waals surface area (Å²) in [5.41, 5.74) is 1.19. The Balaban J connectivity index is 2.93. The monoisotopic (exact) mass is 756 g/mol. The smallest absolute Gasteiger partial charge is 0.340 e. The normalized spacial score (nSPS) is 10.3. The molecule has 1 aromatic carbocycles. The second kappa shape index (κ2) is 13.6. The molecule has 0 saturated heterocycles. The Morgan fingerprint density at radius 1 is 0.800 bits per heavy atom. The third kappa shape index (κ3) is 8.43. The number of benzene rings is 1. The Bertz CT molecular complexity index is 786. The molecule has 0 atom stereocenters. The Kier molecular flexibility index (Phi) is 12.4. The fourth-order valence-electron chi connectivity index (χ4n) is 2.43. The molecule has 8 nitrogen and oxygen atoms in total. The summed E-state index contributed by atoms with van der Waals surface area (Å²) in [6.07, 6.45) is 2.34. The van der Waals surface area contributed by atoms with Crippen LogP contribution in [0.4, 0.5) is 11.4 Å². The van der Waals surface area contributed by atoms with Gasteiger partial charge in [0.2, 0.25) is 11.8 Å². The number of ether oxygens (including phenoxy) is 2. The number of amides is 2. The van der Waals surface area contributed by atoms with Crippen molar-refractivity contribution in [1.29, 1.82) is 0 Å². The van der Waals surface area contributed by atoms with Crippen molar-refractivity contribution in [3.05, 3.63) is 16.3 Å². The van der Waals surface area contributed by atoms with E-state index in [1.54, 1.807) is 6.92 Å². The highest BCUT2D eigenvalue weighted by molar-refractivity contribution is 14.1. The van der Waals surface area contributed by atoms with Gasteiger partial charge in [-0.2, -0.15) is 0 Å². The number of esters is 2. The van der Waals surface area contributed by atoms with Gasteiger partial charge in [0.1, 0.15) is 0 Å². The number of unbranched alkanes of at least 4 members (excludes halogenated alkanes) is 2. The Labute approximate surface area is 216 Å². The van der Waals surface area contributed by atoms with Crippen LogP contribution in [-0.4, -0.2) is 37.0 Å². The van der Waals surface area contributed by atoms with E-state index in [1.165, 1.54) is 13.8 Å². The molecule has 0 heterocycles. The maximum Gasteiger partial charge on any atom is 0.340 e. The Morgan fingerprint density at radius 2 is 1.33 bits per heavy atom. The molecule has 1 rings (SSSR count). The molecule has 2 amide bonds. The average Bonchev–Trinajstić information content (AvgIpc) is 2.65. The largest absolute Gasteiger partial charge is 0.466 e. The molecular weight excluding hydrogens is 733 g/mol. The van der Waals surface area contributed by atoms with Crippen LogP contribution < -0.4 is 10.6 Å². The summed E-state index contributed by atoms with van der Waals surface area (Å²) in [4.78, 5) is 47.3. The summed E-state index contributed by atoms with van der Waals surface area (Å²) in [6.45, 7) is 5.07. The summed E-state index contributed by atoms with van der Waals surface area (Å²) in [6, 6.07) is 0. The van der Waals surface area contributed by atoms with E-state index in [1.807, 2.05) is 67.8 Å². The highest BCUT2D eigenvalue weighted by atomic mass is 127. The minimum atomic E-state index is -0.538. The molecular formula is C19H23I3N2O6. The van der Waals surface area contributed by atoms with Crippen molar-refractivity contribution in [3.8, 4) is 0 Å². The van der Waals surface area contributed by atoms with E-state index < -0.39 is 5.97 Å². The van der Waals surface area contributed by atoms with Crippen LogP contribution in [-0.2, 0) is 23.9 Å². The van der Waals surface area contributed by atoms with Crippen molar-refractivity contribution in [1.82, 2.24) is 0 Å². The van der Waals surface area contributed by atoms with E-state index >= 15 is 0 Å². The van der Waals surface area contributed by atoms with E-state index in [0.29, 0.717) is 48.0 Å². The zero-order chi connectivity index (χ0) is 22.8. The van der Waals surface area contributed by atoms with Gasteiger partial charge in [0, 0.05) is 20.3 Å². The fraction of sp³-hybridized carbons (Fsp3) is 0.474. The molecule has 0 aliphatic carbocycles. The number of hydrogen-bond acceptors (Lipinski definition) is 6. The second-order valence-corrected chi connectivity index (χ2v) is 9.42. The van der Waals surface area contributed by atoms with Crippen molar-refractivity contribution in [3.63, 3.8) is 0 Å². The van der Waals surface area contributed by atoms with Crippen LogP contribution >= 0.6 is 67.8 Å². The summed E-state index contributed by atoms with van der Waals surface area (Å²) >= 11 is 6.01. The topological polar surface area (TPSA) is 111 Å². The summed E-state index contributed by atoms with van der Waals surface area (Å²) < 4.78 is 12.0. The number of halogens is 3. The molecule has 0 spiro atoms.